The van der Waals surface area contributed by atoms with Gasteiger partial charge in [-0.3, -0.25) is 9.78 Å². The maximum absolute atomic E-state index is 13.7. The Kier molecular flexibility index (Phi) is 6.79. The third-order valence-corrected chi connectivity index (χ3v) is 4.95. The number of nitrogens with one attached hydrogen (secondary N) is 1. The lowest BCUT2D eigenvalue weighted by molar-refractivity contribution is 0.0839. The lowest BCUT2D eigenvalue weighted by Gasteiger charge is -2.35. The molecule has 11 heteroatoms. The van der Waals surface area contributed by atoms with Crippen molar-refractivity contribution in [3.8, 4) is 22.9 Å². The molecule has 0 unspecified atom stereocenters. The Balaban J connectivity index is 1.37. The van der Waals surface area contributed by atoms with Gasteiger partial charge in [-0.15, -0.1) is 0 Å². The van der Waals surface area contributed by atoms with Crippen LogP contribution in [0.4, 0.5) is 4.39 Å². The lowest BCUT2D eigenvalue weighted by atomic mass is 10.0. The Morgan fingerprint density at radius 2 is 2.12 bits per heavy atom. The number of likely N-dealkylation sites (tertiary alicyclic amines) is 1. The minimum atomic E-state index is -0.740. The number of rotatable bonds is 8. The Morgan fingerprint density at radius 1 is 1.27 bits per heavy atom. The summed E-state index contributed by atoms with van der Waals surface area (Å²) in [5.74, 6) is 0.0785. The Morgan fingerprint density at radius 3 is 2.85 bits per heavy atom. The zero-order chi connectivity index (χ0) is 23.2. The molecule has 170 valence electrons. The summed E-state index contributed by atoms with van der Waals surface area (Å²) in [6.07, 6.45) is 6.82. The number of aromatic nitrogens is 4. The van der Waals surface area contributed by atoms with E-state index in [0.29, 0.717) is 35.4 Å². The molecule has 1 fully saturated rings. The molecule has 0 bridgehead atoms. The van der Waals surface area contributed by atoms with E-state index >= 15 is 0 Å². The Labute approximate surface area is 189 Å². The third kappa shape index (κ3) is 5.63. The predicted molar refractivity (Wildman–Crippen MR) is 118 cm³/mol. The monoisotopic (exact) mass is 451 g/mol. The van der Waals surface area contributed by atoms with E-state index in [1.165, 1.54) is 31.8 Å². The highest BCUT2D eigenvalue weighted by molar-refractivity contribution is 5.93. The van der Waals surface area contributed by atoms with E-state index in [-0.39, 0.29) is 11.3 Å². The average molecular weight is 451 g/mol. The van der Waals surface area contributed by atoms with Gasteiger partial charge in [0, 0.05) is 36.8 Å². The van der Waals surface area contributed by atoms with Gasteiger partial charge >= 0.3 is 0 Å². The second kappa shape index (κ2) is 10.1. The molecule has 3 aromatic heterocycles. The van der Waals surface area contributed by atoms with Crippen LogP contribution in [0.5, 0.6) is 11.6 Å². The maximum Gasteiger partial charge on any atom is 0.291 e. The Hall–Kier alpha value is -3.99. The molecule has 0 atom stereocenters. The van der Waals surface area contributed by atoms with Gasteiger partial charge < -0.3 is 14.4 Å². The topological polar surface area (TPSA) is 115 Å². The van der Waals surface area contributed by atoms with E-state index in [1.807, 2.05) is 0 Å². The number of hydrogen-bond acceptors (Lipinski definition) is 9. The first kappa shape index (κ1) is 22.2. The van der Waals surface area contributed by atoms with Gasteiger partial charge in [0.2, 0.25) is 11.8 Å². The first-order valence-electron chi connectivity index (χ1n) is 10.1. The van der Waals surface area contributed by atoms with E-state index in [1.54, 1.807) is 18.3 Å². The number of ether oxygens (including phenoxy) is 2. The largest absolute Gasteiger partial charge is 0.495 e. The minimum Gasteiger partial charge on any atom is -0.495 e. The van der Waals surface area contributed by atoms with Crippen LogP contribution in [0.1, 0.15) is 16.1 Å². The molecule has 10 nitrogen and oxygen atoms in total. The third-order valence-electron chi connectivity index (χ3n) is 4.95. The van der Waals surface area contributed by atoms with Crippen molar-refractivity contribution < 1.29 is 18.7 Å². The van der Waals surface area contributed by atoms with Crippen molar-refractivity contribution in [3.05, 3.63) is 60.2 Å². The number of carbonyl (C=O) groups is 1. The SMILES string of the molecule is COc1cnc(F)c(/C=N/NC(=O)c2cncc(-c3ccc(OCC4CN(C)C4)nc3)n2)c1. The highest BCUT2D eigenvalue weighted by Crippen LogP contribution is 2.19. The normalized spacial score (nSPS) is 14.2. The fraction of sp³-hybridized carbons (Fsp3) is 0.273. The summed E-state index contributed by atoms with van der Waals surface area (Å²) in [7, 11) is 3.51. The van der Waals surface area contributed by atoms with Crippen LogP contribution in [0.3, 0.4) is 0 Å². The maximum atomic E-state index is 13.7. The molecule has 1 saturated heterocycles. The van der Waals surface area contributed by atoms with Gasteiger partial charge in [0.25, 0.3) is 5.91 Å². The summed E-state index contributed by atoms with van der Waals surface area (Å²) in [6, 6.07) is 4.97. The summed E-state index contributed by atoms with van der Waals surface area (Å²) in [6.45, 7) is 2.68. The second-order valence-electron chi connectivity index (χ2n) is 7.53. The summed E-state index contributed by atoms with van der Waals surface area (Å²) < 4.78 is 24.5. The van der Waals surface area contributed by atoms with E-state index in [9.17, 15) is 9.18 Å². The van der Waals surface area contributed by atoms with Crippen LogP contribution in [-0.2, 0) is 0 Å². The van der Waals surface area contributed by atoms with E-state index in [0.717, 1.165) is 19.3 Å². The van der Waals surface area contributed by atoms with E-state index in [2.05, 4.69) is 42.4 Å². The van der Waals surface area contributed by atoms with Crippen molar-refractivity contribution in [1.82, 2.24) is 30.3 Å². The molecule has 1 N–H and O–H groups in total. The minimum absolute atomic E-state index is 0.0447. The van der Waals surface area contributed by atoms with Crippen molar-refractivity contribution in [3.63, 3.8) is 0 Å². The number of carbonyl (C=O) groups excluding carboxylic acids is 1. The van der Waals surface area contributed by atoms with Crippen molar-refractivity contribution in [2.24, 2.45) is 11.0 Å². The lowest BCUT2D eigenvalue weighted by Crippen LogP contribution is -2.46. The molecule has 3 aromatic rings. The van der Waals surface area contributed by atoms with Crippen molar-refractivity contribution in [1.29, 1.82) is 0 Å². The van der Waals surface area contributed by atoms with Crippen molar-refractivity contribution in [2.45, 2.75) is 0 Å². The standard InChI is InChI=1S/C22H22FN7O3/c1-30-11-14(12-30)13-33-20-4-3-15(6-25-20)18-9-24-10-19(28-18)22(31)29-27-7-16-5-17(32-2)8-26-21(16)23/h3-10,14H,11-13H2,1-2H3,(H,29,31)/b27-7+. The van der Waals surface area contributed by atoms with Crippen molar-refractivity contribution in [2.75, 3.05) is 33.9 Å². The van der Waals surface area contributed by atoms with Crippen molar-refractivity contribution >= 4 is 12.1 Å². The molecule has 0 spiro atoms. The van der Waals surface area contributed by atoms with Gasteiger partial charge in [-0.2, -0.15) is 9.49 Å². The van der Waals surface area contributed by atoms with Crippen LogP contribution >= 0.6 is 0 Å². The molecular formula is C22H22FN7O3. The van der Waals surface area contributed by atoms with Gasteiger partial charge in [-0.25, -0.2) is 20.4 Å². The number of hydrazone groups is 1. The summed E-state index contributed by atoms with van der Waals surface area (Å²) >= 11 is 0. The molecule has 0 saturated carbocycles. The second-order valence-corrected chi connectivity index (χ2v) is 7.53. The summed E-state index contributed by atoms with van der Waals surface area (Å²) in [5, 5.41) is 3.76. The smallest absolute Gasteiger partial charge is 0.291 e. The number of amides is 1. The van der Waals surface area contributed by atoms with Crippen LogP contribution in [0.2, 0.25) is 0 Å². The highest BCUT2D eigenvalue weighted by Gasteiger charge is 2.23. The quantitative estimate of drug-likeness (QED) is 0.313. The highest BCUT2D eigenvalue weighted by atomic mass is 19.1. The van der Waals surface area contributed by atoms with E-state index in [4.69, 9.17) is 9.47 Å². The van der Waals surface area contributed by atoms with Gasteiger partial charge in [-0.05, 0) is 19.2 Å². The Bertz CT molecular complexity index is 1150. The van der Waals surface area contributed by atoms with Crippen LogP contribution in [0.25, 0.3) is 11.3 Å². The molecule has 0 aromatic carbocycles. The van der Waals surface area contributed by atoms with Gasteiger partial charge in [-0.1, -0.05) is 0 Å². The molecule has 4 heterocycles. The van der Waals surface area contributed by atoms with Gasteiger partial charge in [0.15, 0.2) is 0 Å². The zero-order valence-electron chi connectivity index (χ0n) is 18.1. The van der Waals surface area contributed by atoms with Crippen LogP contribution in [-0.4, -0.2) is 70.8 Å². The predicted octanol–water partition coefficient (Wildman–Crippen LogP) is 1.79. The van der Waals surface area contributed by atoms with Gasteiger partial charge in [0.05, 0.1) is 49.8 Å². The molecule has 33 heavy (non-hydrogen) atoms. The molecule has 4 rings (SSSR count). The summed E-state index contributed by atoms with van der Waals surface area (Å²) in [4.78, 5) is 30.8. The fourth-order valence-electron chi connectivity index (χ4n) is 3.23. The molecule has 1 aliphatic rings. The molecule has 0 aliphatic carbocycles. The van der Waals surface area contributed by atoms with Crippen LogP contribution in [0, 0.1) is 11.9 Å². The van der Waals surface area contributed by atoms with Gasteiger partial charge in [0.1, 0.15) is 11.4 Å². The van der Waals surface area contributed by atoms with Crippen LogP contribution in [0.15, 0.2) is 48.1 Å². The number of methoxy groups -OCH3 is 1. The number of nitrogens with zero attached hydrogens (tertiary/aromatic N) is 6. The molecule has 1 amide bonds. The van der Waals surface area contributed by atoms with E-state index < -0.39 is 11.9 Å². The molecule has 1 aliphatic heterocycles. The van der Waals surface area contributed by atoms with Crippen LogP contribution < -0.4 is 14.9 Å². The molecule has 0 radical (unpaired) electrons. The fourth-order valence-corrected chi connectivity index (χ4v) is 3.23. The number of pyridine rings is 2. The summed E-state index contributed by atoms with van der Waals surface area (Å²) in [5.41, 5.74) is 3.55. The molecular weight excluding hydrogens is 429 g/mol. The number of hydrogen-bond donors (Lipinski definition) is 1. The number of halogens is 1. The first-order valence-corrected chi connectivity index (χ1v) is 10.1. The zero-order valence-corrected chi connectivity index (χ0v) is 18.1. The average Bonchev–Trinajstić information content (AvgIpc) is 2.82. The first-order chi connectivity index (χ1) is 16.0.